The van der Waals surface area contributed by atoms with Crippen LogP contribution in [0.5, 0.6) is 5.75 Å². The lowest BCUT2D eigenvalue weighted by molar-refractivity contribution is -0.125. The van der Waals surface area contributed by atoms with Gasteiger partial charge in [0.1, 0.15) is 11.5 Å². The molecule has 1 aromatic heterocycles. The van der Waals surface area contributed by atoms with Gasteiger partial charge in [0.05, 0.1) is 17.9 Å². The van der Waals surface area contributed by atoms with Gasteiger partial charge in [0.15, 0.2) is 6.10 Å². The van der Waals surface area contributed by atoms with E-state index in [-0.39, 0.29) is 5.91 Å². The van der Waals surface area contributed by atoms with Crippen molar-refractivity contribution in [3.8, 4) is 5.75 Å². The fraction of sp³-hybridized carbons (Fsp3) is 0.333. The maximum Gasteiger partial charge on any atom is 0.268 e. The molecule has 0 fully saturated rings. The Morgan fingerprint density at radius 3 is 2.81 bits per heavy atom. The maximum absolute atomic E-state index is 12.5. The highest BCUT2D eigenvalue weighted by molar-refractivity contribution is 6.00. The lowest BCUT2D eigenvalue weighted by Crippen LogP contribution is -2.44. The number of aromatic nitrogens is 1. The molecule has 1 amide bonds. The van der Waals surface area contributed by atoms with Crippen molar-refractivity contribution in [2.24, 2.45) is 0 Å². The smallest absolute Gasteiger partial charge is 0.268 e. The Bertz CT molecular complexity index is 689. The molecule has 21 heavy (non-hydrogen) atoms. The summed E-state index contributed by atoms with van der Waals surface area (Å²) in [4.78, 5) is 14.1. The van der Waals surface area contributed by atoms with Crippen LogP contribution in [-0.2, 0) is 11.3 Å². The van der Waals surface area contributed by atoms with E-state index in [0.29, 0.717) is 29.4 Å². The van der Waals surface area contributed by atoms with Crippen LogP contribution < -0.4 is 15.4 Å². The number of nitrogens with two attached hydrogens (primary N) is 1. The van der Waals surface area contributed by atoms with Crippen molar-refractivity contribution in [2.75, 3.05) is 10.6 Å². The average molecular weight is 287 g/mol. The maximum atomic E-state index is 12.5. The first-order valence-electron chi connectivity index (χ1n) is 6.76. The molecule has 6 heteroatoms. The Labute approximate surface area is 122 Å². The average Bonchev–Trinajstić information content (AvgIpc) is 2.76. The molecule has 2 aromatic rings. The molecule has 1 aromatic carbocycles. The third kappa shape index (κ3) is 2.22. The predicted molar refractivity (Wildman–Crippen MR) is 78.1 cm³/mol. The lowest BCUT2D eigenvalue weighted by Gasteiger charge is -2.33. The number of rotatable bonds is 2. The molecule has 6 nitrogen and oxygen atoms in total. The zero-order chi connectivity index (χ0) is 15.1. The first-order chi connectivity index (χ1) is 9.97. The molecule has 0 spiro atoms. The summed E-state index contributed by atoms with van der Waals surface area (Å²) >= 11 is 0. The number of carbonyl (C=O) groups excluding carboxylic acids is 1. The molecule has 2 N–H and O–H groups in total. The first-order valence-corrected chi connectivity index (χ1v) is 6.76. The minimum absolute atomic E-state index is 0.104. The quantitative estimate of drug-likeness (QED) is 0.856. The van der Waals surface area contributed by atoms with Crippen molar-refractivity contribution in [3.63, 3.8) is 0 Å². The molecule has 1 atom stereocenters. The number of hydrogen-bond acceptors (Lipinski definition) is 5. The van der Waals surface area contributed by atoms with Gasteiger partial charge in [-0.25, -0.2) is 0 Å². The summed E-state index contributed by atoms with van der Waals surface area (Å²) in [5.41, 5.74) is 8.79. The fourth-order valence-corrected chi connectivity index (χ4v) is 2.47. The zero-order valence-electron chi connectivity index (χ0n) is 12.2. The van der Waals surface area contributed by atoms with E-state index in [1.807, 2.05) is 13.8 Å². The molecule has 1 aliphatic heterocycles. The Morgan fingerprint density at radius 2 is 2.14 bits per heavy atom. The normalized spacial score (nSPS) is 17.6. The lowest BCUT2D eigenvalue weighted by atomic mass is 10.1. The highest BCUT2D eigenvalue weighted by Crippen LogP contribution is 2.37. The molecule has 110 valence electrons. The Hall–Kier alpha value is -2.50. The fourth-order valence-electron chi connectivity index (χ4n) is 2.47. The molecule has 0 aliphatic carbocycles. The molecule has 0 saturated carbocycles. The summed E-state index contributed by atoms with van der Waals surface area (Å²) in [5.74, 6) is 1.26. The van der Waals surface area contributed by atoms with Crippen molar-refractivity contribution in [2.45, 2.75) is 33.4 Å². The van der Waals surface area contributed by atoms with Crippen molar-refractivity contribution < 1.29 is 14.1 Å². The minimum atomic E-state index is -0.526. The number of hydrogen-bond donors (Lipinski definition) is 1. The standard InChI is InChI=1S/C15H17N3O3/c1-8-12(9(2)21-17-8)7-18-13-6-11(16)4-5-14(13)20-10(3)15(18)19/h4-6,10H,7,16H2,1-3H3. The van der Waals surface area contributed by atoms with Gasteiger partial charge in [-0.3, -0.25) is 4.79 Å². The largest absolute Gasteiger partial charge is 0.479 e. The summed E-state index contributed by atoms with van der Waals surface area (Å²) < 4.78 is 10.8. The van der Waals surface area contributed by atoms with Crippen LogP contribution in [0.3, 0.4) is 0 Å². The summed E-state index contributed by atoms with van der Waals surface area (Å²) in [6, 6.07) is 5.29. The molecule has 1 aliphatic rings. The monoisotopic (exact) mass is 287 g/mol. The van der Waals surface area contributed by atoms with E-state index < -0.39 is 6.10 Å². The molecule has 2 heterocycles. The van der Waals surface area contributed by atoms with Crippen molar-refractivity contribution in [3.05, 3.63) is 35.2 Å². The van der Waals surface area contributed by atoms with Crippen LogP contribution in [0, 0.1) is 13.8 Å². The third-order valence-electron chi connectivity index (χ3n) is 3.69. The zero-order valence-corrected chi connectivity index (χ0v) is 12.2. The van der Waals surface area contributed by atoms with Crippen LogP contribution >= 0.6 is 0 Å². The van der Waals surface area contributed by atoms with Gasteiger partial charge < -0.3 is 19.9 Å². The summed E-state index contributed by atoms with van der Waals surface area (Å²) in [6.45, 7) is 5.83. The van der Waals surface area contributed by atoms with E-state index in [1.165, 1.54) is 0 Å². The number of nitrogens with zero attached hydrogens (tertiary/aromatic N) is 2. The van der Waals surface area contributed by atoms with Gasteiger partial charge in [0, 0.05) is 11.3 Å². The van der Waals surface area contributed by atoms with E-state index in [0.717, 1.165) is 11.3 Å². The molecule has 3 rings (SSSR count). The van der Waals surface area contributed by atoms with Gasteiger partial charge in [-0.05, 0) is 39.0 Å². The van der Waals surface area contributed by atoms with Gasteiger partial charge in [0.2, 0.25) is 0 Å². The number of anilines is 2. The second-order valence-electron chi connectivity index (χ2n) is 5.21. The SMILES string of the molecule is Cc1noc(C)c1CN1C(=O)C(C)Oc2ccc(N)cc21. The number of aryl methyl sites for hydroxylation is 2. The third-order valence-corrected chi connectivity index (χ3v) is 3.69. The van der Waals surface area contributed by atoms with Gasteiger partial charge in [-0.15, -0.1) is 0 Å². The molecular formula is C15H17N3O3. The number of benzene rings is 1. The van der Waals surface area contributed by atoms with E-state index in [9.17, 15) is 4.79 Å². The predicted octanol–water partition coefficient (Wildman–Crippen LogP) is 2.19. The summed E-state index contributed by atoms with van der Waals surface area (Å²) in [6.07, 6.45) is -0.526. The highest BCUT2D eigenvalue weighted by Gasteiger charge is 2.32. The number of carbonyl (C=O) groups is 1. The minimum Gasteiger partial charge on any atom is -0.479 e. The molecular weight excluding hydrogens is 270 g/mol. The van der Waals surface area contributed by atoms with E-state index in [2.05, 4.69) is 5.16 Å². The van der Waals surface area contributed by atoms with Crippen LogP contribution in [0.2, 0.25) is 0 Å². The topological polar surface area (TPSA) is 81.6 Å². The van der Waals surface area contributed by atoms with E-state index in [1.54, 1.807) is 30.0 Å². The summed E-state index contributed by atoms with van der Waals surface area (Å²) in [7, 11) is 0. The van der Waals surface area contributed by atoms with Gasteiger partial charge in [0.25, 0.3) is 5.91 Å². The second-order valence-corrected chi connectivity index (χ2v) is 5.21. The van der Waals surface area contributed by atoms with Gasteiger partial charge >= 0.3 is 0 Å². The van der Waals surface area contributed by atoms with Crippen LogP contribution in [-0.4, -0.2) is 17.2 Å². The van der Waals surface area contributed by atoms with Crippen LogP contribution in [0.25, 0.3) is 0 Å². The molecule has 0 bridgehead atoms. The Morgan fingerprint density at radius 1 is 1.38 bits per heavy atom. The number of fused-ring (bicyclic) bond motifs is 1. The molecule has 0 saturated heterocycles. The van der Waals surface area contributed by atoms with Crippen molar-refractivity contribution >= 4 is 17.3 Å². The molecule has 0 radical (unpaired) electrons. The Balaban J connectivity index is 2.04. The van der Waals surface area contributed by atoms with E-state index >= 15 is 0 Å². The first kappa shape index (κ1) is 13.5. The highest BCUT2D eigenvalue weighted by atomic mass is 16.5. The second kappa shape index (κ2) is 4.80. The number of ether oxygens (including phenoxy) is 1. The van der Waals surface area contributed by atoms with Gasteiger partial charge in [-0.2, -0.15) is 0 Å². The number of nitrogen functional groups attached to an aromatic ring is 1. The summed E-state index contributed by atoms with van der Waals surface area (Å²) in [5, 5.41) is 3.93. The van der Waals surface area contributed by atoms with Crippen LogP contribution in [0.15, 0.2) is 22.7 Å². The van der Waals surface area contributed by atoms with Crippen LogP contribution in [0.4, 0.5) is 11.4 Å². The Kier molecular flexibility index (Phi) is 3.08. The number of amides is 1. The van der Waals surface area contributed by atoms with E-state index in [4.69, 9.17) is 15.0 Å². The van der Waals surface area contributed by atoms with Crippen LogP contribution in [0.1, 0.15) is 23.9 Å². The molecule has 1 unspecified atom stereocenters. The van der Waals surface area contributed by atoms with Crippen molar-refractivity contribution in [1.82, 2.24) is 5.16 Å². The van der Waals surface area contributed by atoms with Crippen molar-refractivity contribution in [1.29, 1.82) is 0 Å². The van der Waals surface area contributed by atoms with Gasteiger partial charge in [-0.1, -0.05) is 5.16 Å².